The molecule has 0 unspecified atom stereocenters. The molecule has 2 aromatic heterocycles. The molecule has 0 saturated heterocycles. The van der Waals surface area contributed by atoms with Crippen molar-refractivity contribution in [1.29, 1.82) is 0 Å². The molecule has 2 aromatic rings. The summed E-state index contributed by atoms with van der Waals surface area (Å²) in [5.41, 5.74) is 1.08. The third kappa shape index (κ3) is 3.02. The van der Waals surface area contributed by atoms with Crippen molar-refractivity contribution in [3.05, 3.63) is 40.0 Å². The Labute approximate surface area is 115 Å². The molecule has 0 amide bonds. The van der Waals surface area contributed by atoms with E-state index in [1.54, 1.807) is 25.5 Å². The lowest BCUT2D eigenvalue weighted by Gasteiger charge is -2.09. The maximum absolute atomic E-state index is 11.1. The van der Waals surface area contributed by atoms with E-state index in [1.165, 1.54) is 0 Å². The van der Waals surface area contributed by atoms with Crippen LogP contribution in [-0.2, 0) is 6.54 Å². The number of hydrogen-bond acceptors (Lipinski definition) is 7. The summed E-state index contributed by atoms with van der Waals surface area (Å²) in [6.45, 7) is 4.51. The van der Waals surface area contributed by atoms with Gasteiger partial charge in [-0.05, 0) is 19.9 Å². The van der Waals surface area contributed by atoms with Gasteiger partial charge in [-0.25, -0.2) is 4.98 Å². The van der Waals surface area contributed by atoms with Gasteiger partial charge in [0, 0.05) is 18.7 Å². The molecule has 0 atom stereocenters. The summed E-state index contributed by atoms with van der Waals surface area (Å²) in [6.07, 6.45) is 3.11. The SMILES string of the molecule is CCNc1nc(C)c([N+](=O)[O-])c(NCc2ccoc2)n1. The maximum Gasteiger partial charge on any atom is 0.332 e. The predicted molar refractivity (Wildman–Crippen MR) is 73.6 cm³/mol. The fraction of sp³-hybridized carbons (Fsp3) is 0.333. The largest absolute Gasteiger partial charge is 0.472 e. The van der Waals surface area contributed by atoms with Crippen molar-refractivity contribution in [2.45, 2.75) is 20.4 Å². The van der Waals surface area contributed by atoms with Crippen LogP contribution in [0.4, 0.5) is 17.5 Å². The number of nitro groups is 1. The van der Waals surface area contributed by atoms with E-state index in [9.17, 15) is 10.1 Å². The Kier molecular flexibility index (Phi) is 4.14. The van der Waals surface area contributed by atoms with E-state index in [-0.39, 0.29) is 11.5 Å². The fourth-order valence-corrected chi connectivity index (χ4v) is 1.73. The number of aromatic nitrogens is 2. The number of furan rings is 1. The number of anilines is 2. The van der Waals surface area contributed by atoms with Crippen LogP contribution in [0.2, 0.25) is 0 Å². The highest BCUT2D eigenvalue weighted by Crippen LogP contribution is 2.26. The second-order valence-electron chi connectivity index (χ2n) is 4.10. The van der Waals surface area contributed by atoms with Gasteiger partial charge in [0.1, 0.15) is 5.69 Å². The summed E-state index contributed by atoms with van der Waals surface area (Å²) >= 11 is 0. The summed E-state index contributed by atoms with van der Waals surface area (Å²) in [5, 5.41) is 17.0. The minimum Gasteiger partial charge on any atom is -0.472 e. The normalized spacial score (nSPS) is 10.3. The average Bonchev–Trinajstić information content (AvgIpc) is 2.88. The Morgan fingerprint density at radius 3 is 2.80 bits per heavy atom. The lowest BCUT2D eigenvalue weighted by atomic mass is 10.3. The smallest absolute Gasteiger partial charge is 0.332 e. The summed E-state index contributed by atoms with van der Waals surface area (Å²) in [6, 6.07) is 1.78. The molecule has 0 bridgehead atoms. The first-order chi connectivity index (χ1) is 9.61. The van der Waals surface area contributed by atoms with Crippen molar-refractivity contribution >= 4 is 17.5 Å². The highest BCUT2D eigenvalue weighted by Gasteiger charge is 2.21. The number of rotatable bonds is 6. The zero-order valence-corrected chi connectivity index (χ0v) is 11.2. The molecule has 0 aromatic carbocycles. The summed E-state index contributed by atoms with van der Waals surface area (Å²) in [5.74, 6) is 0.560. The van der Waals surface area contributed by atoms with Gasteiger partial charge in [0.05, 0.1) is 17.4 Å². The molecule has 0 aliphatic heterocycles. The van der Waals surface area contributed by atoms with E-state index in [1.807, 2.05) is 6.92 Å². The number of nitrogens with one attached hydrogen (secondary N) is 2. The van der Waals surface area contributed by atoms with Gasteiger partial charge in [0.25, 0.3) is 0 Å². The van der Waals surface area contributed by atoms with Gasteiger partial charge in [-0.3, -0.25) is 10.1 Å². The lowest BCUT2D eigenvalue weighted by molar-refractivity contribution is -0.385. The van der Waals surface area contributed by atoms with E-state index in [2.05, 4.69) is 20.6 Å². The molecule has 0 spiro atoms. The van der Waals surface area contributed by atoms with Gasteiger partial charge in [0.15, 0.2) is 0 Å². The van der Waals surface area contributed by atoms with Gasteiger partial charge >= 0.3 is 5.69 Å². The third-order valence-corrected chi connectivity index (χ3v) is 2.62. The maximum atomic E-state index is 11.1. The van der Waals surface area contributed by atoms with Gasteiger partial charge in [-0.15, -0.1) is 0 Å². The summed E-state index contributed by atoms with van der Waals surface area (Å²) in [7, 11) is 0. The fourth-order valence-electron chi connectivity index (χ4n) is 1.73. The molecule has 8 nitrogen and oxygen atoms in total. The van der Waals surface area contributed by atoms with Gasteiger partial charge in [0.2, 0.25) is 11.8 Å². The van der Waals surface area contributed by atoms with Crippen molar-refractivity contribution in [1.82, 2.24) is 9.97 Å². The van der Waals surface area contributed by atoms with Crippen molar-refractivity contribution < 1.29 is 9.34 Å². The highest BCUT2D eigenvalue weighted by molar-refractivity contribution is 5.60. The molecule has 0 aliphatic rings. The molecule has 8 heteroatoms. The van der Waals surface area contributed by atoms with Crippen LogP contribution >= 0.6 is 0 Å². The Morgan fingerprint density at radius 1 is 1.40 bits per heavy atom. The second kappa shape index (κ2) is 6.00. The number of nitrogens with zero attached hydrogens (tertiary/aromatic N) is 3. The second-order valence-corrected chi connectivity index (χ2v) is 4.10. The standard InChI is InChI=1S/C12H15N5O3/c1-3-13-12-15-8(2)10(17(18)19)11(16-12)14-6-9-4-5-20-7-9/h4-5,7H,3,6H2,1-2H3,(H2,13,14,15,16). The highest BCUT2D eigenvalue weighted by atomic mass is 16.6. The monoisotopic (exact) mass is 277 g/mol. The van der Waals surface area contributed by atoms with Gasteiger partial charge < -0.3 is 15.1 Å². The van der Waals surface area contributed by atoms with Crippen LogP contribution < -0.4 is 10.6 Å². The molecule has 0 saturated carbocycles. The van der Waals surface area contributed by atoms with E-state index in [4.69, 9.17) is 4.42 Å². The first-order valence-corrected chi connectivity index (χ1v) is 6.13. The molecule has 106 valence electrons. The zero-order valence-electron chi connectivity index (χ0n) is 11.2. The van der Waals surface area contributed by atoms with E-state index in [0.717, 1.165) is 5.56 Å². The molecular formula is C12H15N5O3. The molecule has 0 radical (unpaired) electrons. The average molecular weight is 277 g/mol. The molecular weight excluding hydrogens is 262 g/mol. The first-order valence-electron chi connectivity index (χ1n) is 6.13. The molecule has 2 N–H and O–H groups in total. The summed E-state index contributed by atoms with van der Waals surface area (Å²) < 4.78 is 4.95. The van der Waals surface area contributed by atoms with Crippen molar-refractivity contribution in [3.63, 3.8) is 0 Å². The Bertz CT molecular complexity index is 597. The molecule has 2 rings (SSSR count). The quantitative estimate of drug-likeness (QED) is 0.616. The van der Waals surface area contributed by atoms with E-state index < -0.39 is 4.92 Å². The zero-order chi connectivity index (χ0) is 14.5. The van der Waals surface area contributed by atoms with Crippen molar-refractivity contribution in [2.24, 2.45) is 0 Å². The van der Waals surface area contributed by atoms with Crippen LogP contribution in [0.15, 0.2) is 23.0 Å². The molecule has 20 heavy (non-hydrogen) atoms. The van der Waals surface area contributed by atoms with Gasteiger partial charge in [-0.2, -0.15) is 4.98 Å². The van der Waals surface area contributed by atoms with E-state index in [0.29, 0.717) is 24.7 Å². The van der Waals surface area contributed by atoms with Crippen molar-refractivity contribution in [2.75, 3.05) is 17.2 Å². The van der Waals surface area contributed by atoms with Crippen LogP contribution in [0, 0.1) is 17.0 Å². The molecule has 2 heterocycles. The van der Waals surface area contributed by atoms with Crippen LogP contribution in [-0.4, -0.2) is 21.4 Å². The molecule has 0 aliphatic carbocycles. The topological polar surface area (TPSA) is 106 Å². The van der Waals surface area contributed by atoms with Crippen LogP contribution in [0.25, 0.3) is 0 Å². The lowest BCUT2D eigenvalue weighted by Crippen LogP contribution is -2.10. The van der Waals surface area contributed by atoms with Crippen LogP contribution in [0.3, 0.4) is 0 Å². The minimum atomic E-state index is -0.483. The van der Waals surface area contributed by atoms with Gasteiger partial charge in [-0.1, -0.05) is 0 Å². The summed E-state index contributed by atoms with van der Waals surface area (Å²) in [4.78, 5) is 18.8. The van der Waals surface area contributed by atoms with Crippen LogP contribution in [0.5, 0.6) is 0 Å². The number of aryl methyl sites for hydroxylation is 1. The third-order valence-electron chi connectivity index (χ3n) is 2.62. The van der Waals surface area contributed by atoms with Crippen LogP contribution in [0.1, 0.15) is 18.2 Å². The Balaban J connectivity index is 2.29. The first kappa shape index (κ1) is 13.8. The predicted octanol–water partition coefficient (Wildman–Crippen LogP) is 2.33. The Hall–Kier alpha value is -2.64. The van der Waals surface area contributed by atoms with Crippen molar-refractivity contribution in [3.8, 4) is 0 Å². The van der Waals surface area contributed by atoms with E-state index >= 15 is 0 Å². The Morgan fingerprint density at radius 2 is 2.20 bits per heavy atom. The minimum absolute atomic E-state index is 0.116. The molecule has 0 fully saturated rings. The number of hydrogen-bond donors (Lipinski definition) is 2.